The molecule has 2 nitrogen and oxygen atoms in total. The minimum absolute atomic E-state index is 0.229. The number of esters is 1. The first kappa shape index (κ1) is 9.04. The van der Waals surface area contributed by atoms with Gasteiger partial charge in [-0.05, 0) is 25.7 Å². The van der Waals surface area contributed by atoms with Crippen molar-refractivity contribution in [2.45, 2.75) is 25.7 Å². The molecule has 0 saturated carbocycles. The Hall–Kier alpha value is -1.05. The van der Waals surface area contributed by atoms with Crippen LogP contribution in [0.5, 0.6) is 0 Å². The summed E-state index contributed by atoms with van der Waals surface area (Å²) in [6, 6.07) is 0. The van der Waals surface area contributed by atoms with Crippen molar-refractivity contribution in [3.8, 4) is 0 Å². The first-order valence-electron chi connectivity index (χ1n) is 4.29. The standard InChI is InChI=1S/C10H14O2/c1-12-10(11)9-7-5-3-2-4-6-8-9/h5,7-8H,2-4,6H2,1H3/b7-5-,9-8+. The molecule has 0 spiro atoms. The summed E-state index contributed by atoms with van der Waals surface area (Å²) in [6.45, 7) is 0. The molecule has 0 N–H and O–H groups in total. The van der Waals surface area contributed by atoms with Crippen LogP contribution in [0.4, 0.5) is 0 Å². The predicted molar refractivity (Wildman–Crippen MR) is 47.7 cm³/mol. The molecule has 66 valence electrons. The fourth-order valence-corrected chi connectivity index (χ4v) is 1.21. The minimum Gasteiger partial charge on any atom is -0.465 e. The van der Waals surface area contributed by atoms with E-state index in [0.29, 0.717) is 5.57 Å². The van der Waals surface area contributed by atoms with E-state index >= 15 is 0 Å². The van der Waals surface area contributed by atoms with Crippen molar-refractivity contribution in [1.29, 1.82) is 0 Å². The van der Waals surface area contributed by atoms with Crippen LogP contribution in [0.15, 0.2) is 23.8 Å². The van der Waals surface area contributed by atoms with Crippen molar-refractivity contribution < 1.29 is 9.53 Å². The number of allylic oxidation sites excluding steroid dienone is 2. The van der Waals surface area contributed by atoms with Crippen LogP contribution in [0.25, 0.3) is 0 Å². The molecular weight excluding hydrogens is 152 g/mol. The fourth-order valence-electron chi connectivity index (χ4n) is 1.21. The average Bonchev–Trinajstić information content (AvgIpc) is 2.02. The molecule has 1 aliphatic rings. The highest BCUT2D eigenvalue weighted by atomic mass is 16.5. The third-order valence-electron chi connectivity index (χ3n) is 1.91. The van der Waals surface area contributed by atoms with Gasteiger partial charge in [-0.1, -0.05) is 18.2 Å². The Morgan fingerprint density at radius 1 is 1.42 bits per heavy atom. The molecule has 0 radical (unpaired) electrons. The minimum atomic E-state index is -0.229. The molecule has 2 heteroatoms. The summed E-state index contributed by atoms with van der Waals surface area (Å²) in [6.07, 6.45) is 10.2. The average molecular weight is 166 g/mol. The van der Waals surface area contributed by atoms with E-state index in [1.807, 2.05) is 18.2 Å². The number of methoxy groups -OCH3 is 1. The SMILES string of the molecule is COC(=O)C1=C/CCCC/C=C\1. The third-order valence-corrected chi connectivity index (χ3v) is 1.91. The maximum atomic E-state index is 11.1. The van der Waals surface area contributed by atoms with Gasteiger partial charge in [0.15, 0.2) is 0 Å². The number of rotatable bonds is 1. The smallest absolute Gasteiger partial charge is 0.337 e. The first-order valence-corrected chi connectivity index (χ1v) is 4.29. The van der Waals surface area contributed by atoms with E-state index in [1.54, 1.807) is 0 Å². The van der Waals surface area contributed by atoms with Crippen molar-refractivity contribution in [2.24, 2.45) is 0 Å². The van der Waals surface area contributed by atoms with Crippen LogP contribution < -0.4 is 0 Å². The highest BCUT2D eigenvalue weighted by Crippen LogP contribution is 2.11. The van der Waals surface area contributed by atoms with Crippen LogP contribution >= 0.6 is 0 Å². The molecule has 0 aromatic rings. The molecule has 12 heavy (non-hydrogen) atoms. The number of ether oxygens (including phenoxy) is 1. The largest absolute Gasteiger partial charge is 0.465 e. The zero-order valence-electron chi connectivity index (χ0n) is 7.38. The molecule has 0 aromatic carbocycles. The highest BCUT2D eigenvalue weighted by molar-refractivity contribution is 5.91. The topological polar surface area (TPSA) is 26.3 Å². The van der Waals surface area contributed by atoms with Gasteiger partial charge in [-0.2, -0.15) is 0 Å². The second-order valence-corrected chi connectivity index (χ2v) is 2.84. The lowest BCUT2D eigenvalue weighted by atomic mass is 10.1. The van der Waals surface area contributed by atoms with Crippen LogP contribution in [0.3, 0.4) is 0 Å². The summed E-state index contributed by atoms with van der Waals surface area (Å²) in [5, 5.41) is 0. The van der Waals surface area contributed by atoms with Crippen molar-refractivity contribution in [2.75, 3.05) is 7.11 Å². The van der Waals surface area contributed by atoms with Gasteiger partial charge in [0.25, 0.3) is 0 Å². The van der Waals surface area contributed by atoms with E-state index in [4.69, 9.17) is 0 Å². The molecule has 0 atom stereocenters. The maximum Gasteiger partial charge on any atom is 0.337 e. The van der Waals surface area contributed by atoms with Crippen molar-refractivity contribution >= 4 is 5.97 Å². The molecule has 0 aromatic heterocycles. The Bertz CT molecular complexity index is 214. The van der Waals surface area contributed by atoms with Gasteiger partial charge in [0.2, 0.25) is 0 Å². The summed E-state index contributed by atoms with van der Waals surface area (Å²) < 4.78 is 4.63. The molecule has 1 aliphatic carbocycles. The van der Waals surface area contributed by atoms with Gasteiger partial charge in [-0.25, -0.2) is 4.79 Å². The second kappa shape index (κ2) is 4.75. The van der Waals surface area contributed by atoms with Crippen LogP contribution in [0.2, 0.25) is 0 Å². The number of carbonyl (C=O) groups excluding carboxylic acids is 1. The zero-order valence-corrected chi connectivity index (χ0v) is 7.38. The van der Waals surface area contributed by atoms with Crippen molar-refractivity contribution in [3.05, 3.63) is 23.8 Å². The summed E-state index contributed by atoms with van der Waals surface area (Å²) in [5.41, 5.74) is 0.692. The van der Waals surface area contributed by atoms with E-state index in [0.717, 1.165) is 19.3 Å². The quantitative estimate of drug-likeness (QED) is 0.558. The summed E-state index contributed by atoms with van der Waals surface area (Å²) in [5.74, 6) is -0.229. The fraction of sp³-hybridized carbons (Fsp3) is 0.500. The highest BCUT2D eigenvalue weighted by Gasteiger charge is 2.05. The Morgan fingerprint density at radius 3 is 2.92 bits per heavy atom. The van der Waals surface area contributed by atoms with Gasteiger partial charge in [0.05, 0.1) is 12.7 Å². The Labute approximate surface area is 72.9 Å². The van der Waals surface area contributed by atoms with Gasteiger partial charge >= 0.3 is 5.97 Å². The van der Waals surface area contributed by atoms with E-state index in [2.05, 4.69) is 4.74 Å². The van der Waals surface area contributed by atoms with E-state index in [9.17, 15) is 4.79 Å². The lowest BCUT2D eigenvalue weighted by Crippen LogP contribution is -2.03. The predicted octanol–water partition coefficient (Wildman–Crippen LogP) is 2.22. The maximum absolute atomic E-state index is 11.1. The molecule has 0 saturated heterocycles. The van der Waals surface area contributed by atoms with E-state index in [-0.39, 0.29) is 5.97 Å². The molecular formula is C10H14O2. The van der Waals surface area contributed by atoms with Crippen LogP contribution in [0, 0.1) is 0 Å². The van der Waals surface area contributed by atoms with E-state index in [1.165, 1.54) is 13.5 Å². The Kier molecular flexibility index (Phi) is 3.58. The molecule has 0 amide bonds. The molecule has 0 heterocycles. The van der Waals surface area contributed by atoms with Gasteiger partial charge in [0.1, 0.15) is 0 Å². The van der Waals surface area contributed by atoms with Crippen LogP contribution in [0.1, 0.15) is 25.7 Å². The Morgan fingerprint density at radius 2 is 2.17 bits per heavy atom. The third kappa shape index (κ3) is 2.53. The summed E-state index contributed by atoms with van der Waals surface area (Å²) in [7, 11) is 1.41. The van der Waals surface area contributed by atoms with Crippen molar-refractivity contribution in [3.63, 3.8) is 0 Å². The lowest BCUT2D eigenvalue weighted by Gasteiger charge is -2.03. The molecule has 0 aliphatic heterocycles. The molecule has 0 bridgehead atoms. The Balaban J connectivity index is 2.65. The zero-order chi connectivity index (χ0) is 8.81. The van der Waals surface area contributed by atoms with Crippen LogP contribution in [-0.2, 0) is 9.53 Å². The first-order chi connectivity index (χ1) is 5.84. The van der Waals surface area contributed by atoms with Gasteiger partial charge in [0, 0.05) is 0 Å². The van der Waals surface area contributed by atoms with Gasteiger partial charge < -0.3 is 4.74 Å². The van der Waals surface area contributed by atoms with Crippen molar-refractivity contribution in [1.82, 2.24) is 0 Å². The lowest BCUT2D eigenvalue weighted by molar-refractivity contribution is -0.135. The molecule has 0 fully saturated rings. The monoisotopic (exact) mass is 166 g/mol. The summed E-state index contributed by atoms with van der Waals surface area (Å²) in [4.78, 5) is 11.1. The van der Waals surface area contributed by atoms with Gasteiger partial charge in [-0.15, -0.1) is 0 Å². The van der Waals surface area contributed by atoms with Crippen LogP contribution in [-0.4, -0.2) is 13.1 Å². The van der Waals surface area contributed by atoms with Gasteiger partial charge in [-0.3, -0.25) is 0 Å². The number of hydrogen-bond donors (Lipinski definition) is 0. The number of carbonyl (C=O) groups is 1. The molecule has 1 rings (SSSR count). The summed E-state index contributed by atoms with van der Waals surface area (Å²) >= 11 is 0. The molecule has 0 unspecified atom stereocenters. The normalized spacial score (nSPS) is 24.6. The second-order valence-electron chi connectivity index (χ2n) is 2.84. The van der Waals surface area contributed by atoms with E-state index < -0.39 is 0 Å². The number of hydrogen-bond acceptors (Lipinski definition) is 2.